The van der Waals surface area contributed by atoms with Crippen LogP contribution in [0.15, 0.2) is 0 Å². The van der Waals surface area contributed by atoms with Crippen molar-refractivity contribution in [3.63, 3.8) is 0 Å². The highest BCUT2D eigenvalue weighted by molar-refractivity contribution is 5.86. The SMILES string of the molecule is NC(CC(=O)O)C(=O)NCC1(C(=O)O)CC1. The zero-order valence-corrected chi connectivity index (χ0v) is 8.60. The Balaban J connectivity index is 2.35. The summed E-state index contributed by atoms with van der Waals surface area (Å²) < 4.78 is 0. The number of hydrogen-bond donors (Lipinski definition) is 4. The summed E-state index contributed by atoms with van der Waals surface area (Å²) in [5.74, 6) is -2.74. The predicted octanol–water partition coefficient (Wildman–Crippen LogP) is -1.23. The zero-order chi connectivity index (χ0) is 12.3. The smallest absolute Gasteiger partial charge is 0.311 e. The van der Waals surface area contributed by atoms with E-state index in [1.54, 1.807) is 0 Å². The van der Waals surface area contributed by atoms with Crippen LogP contribution >= 0.6 is 0 Å². The molecule has 1 atom stereocenters. The summed E-state index contributed by atoms with van der Waals surface area (Å²) in [6.07, 6.45) is 0.583. The first kappa shape index (κ1) is 12.4. The minimum Gasteiger partial charge on any atom is -0.481 e. The summed E-state index contributed by atoms with van der Waals surface area (Å²) in [7, 11) is 0. The molecule has 0 heterocycles. The highest BCUT2D eigenvalue weighted by Crippen LogP contribution is 2.45. The van der Waals surface area contributed by atoms with Crippen LogP contribution in [0.1, 0.15) is 19.3 Å². The predicted molar refractivity (Wildman–Crippen MR) is 52.5 cm³/mol. The fourth-order valence-electron chi connectivity index (χ4n) is 1.29. The number of carboxylic acid groups (broad SMARTS) is 2. The second-order valence-electron chi connectivity index (χ2n) is 4.01. The van der Waals surface area contributed by atoms with Gasteiger partial charge in [0.15, 0.2) is 0 Å². The van der Waals surface area contributed by atoms with E-state index < -0.39 is 35.7 Å². The fourth-order valence-corrected chi connectivity index (χ4v) is 1.29. The maximum atomic E-state index is 11.3. The fraction of sp³-hybridized carbons (Fsp3) is 0.667. The summed E-state index contributed by atoms with van der Waals surface area (Å²) in [4.78, 5) is 32.3. The number of amides is 1. The molecule has 0 aromatic heterocycles. The van der Waals surface area contributed by atoms with Crippen molar-refractivity contribution in [3.05, 3.63) is 0 Å². The Labute approximate surface area is 91.6 Å². The molecule has 1 fully saturated rings. The van der Waals surface area contributed by atoms with E-state index in [0.29, 0.717) is 12.8 Å². The number of nitrogens with two attached hydrogens (primary N) is 1. The molecule has 0 bridgehead atoms. The van der Waals surface area contributed by atoms with Crippen LogP contribution in [0.5, 0.6) is 0 Å². The molecule has 0 aromatic carbocycles. The van der Waals surface area contributed by atoms with Gasteiger partial charge in [0.05, 0.1) is 17.9 Å². The molecule has 5 N–H and O–H groups in total. The van der Waals surface area contributed by atoms with Gasteiger partial charge in [0.1, 0.15) is 0 Å². The van der Waals surface area contributed by atoms with Crippen molar-refractivity contribution in [1.29, 1.82) is 0 Å². The van der Waals surface area contributed by atoms with Gasteiger partial charge in [-0.05, 0) is 12.8 Å². The number of aliphatic carboxylic acids is 2. The first-order valence-corrected chi connectivity index (χ1v) is 4.86. The molecule has 0 aromatic rings. The van der Waals surface area contributed by atoms with Crippen molar-refractivity contribution >= 4 is 17.8 Å². The highest BCUT2D eigenvalue weighted by atomic mass is 16.4. The maximum absolute atomic E-state index is 11.3. The molecule has 0 saturated heterocycles. The first-order valence-electron chi connectivity index (χ1n) is 4.86. The van der Waals surface area contributed by atoms with Crippen LogP contribution in [0.4, 0.5) is 0 Å². The molecule has 7 heteroatoms. The van der Waals surface area contributed by atoms with Gasteiger partial charge in [-0.2, -0.15) is 0 Å². The average Bonchev–Trinajstić information content (AvgIpc) is 2.93. The number of nitrogens with one attached hydrogen (secondary N) is 1. The van der Waals surface area contributed by atoms with E-state index in [9.17, 15) is 14.4 Å². The standard InChI is InChI=1S/C9H14N2O5/c10-5(3-6(12)13)7(14)11-4-9(1-2-9)8(15)16/h5H,1-4,10H2,(H,11,14)(H,12,13)(H,15,16). The Morgan fingerprint density at radius 2 is 1.88 bits per heavy atom. The largest absolute Gasteiger partial charge is 0.481 e. The molecule has 1 rings (SSSR count). The van der Waals surface area contributed by atoms with Gasteiger partial charge in [0, 0.05) is 6.54 Å². The second-order valence-corrected chi connectivity index (χ2v) is 4.01. The van der Waals surface area contributed by atoms with Crippen LogP contribution < -0.4 is 11.1 Å². The van der Waals surface area contributed by atoms with Crippen molar-refractivity contribution in [2.24, 2.45) is 11.1 Å². The molecule has 0 radical (unpaired) electrons. The van der Waals surface area contributed by atoms with Gasteiger partial charge in [-0.3, -0.25) is 14.4 Å². The molecular formula is C9H14N2O5. The van der Waals surface area contributed by atoms with Gasteiger partial charge in [-0.1, -0.05) is 0 Å². The minimum absolute atomic E-state index is 0.00842. The van der Waals surface area contributed by atoms with Gasteiger partial charge in [0.2, 0.25) is 5.91 Å². The van der Waals surface area contributed by atoms with Gasteiger partial charge in [-0.15, -0.1) is 0 Å². The molecule has 0 spiro atoms. The van der Waals surface area contributed by atoms with Gasteiger partial charge in [0.25, 0.3) is 0 Å². The van der Waals surface area contributed by atoms with Crippen LogP contribution in [0.25, 0.3) is 0 Å². The second kappa shape index (κ2) is 4.48. The lowest BCUT2D eigenvalue weighted by Gasteiger charge is -2.13. The Kier molecular flexibility index (Phi) is 3.48. The monoisotopic (exact) mass is 230 g/mol. The Morgan fingerprint density at radius 1 is 1.31 bits per heavy atom. The number of hydrogen-bond acceptors (Lipinski definition) is 4. The number of carbonyl (C=O) groups excluding carboxylic acids is 1. The lowest BCUT2D eigenvalue weighted by Crippen LogP contribution is -2.45. The summed E-state index contributed by atoms with van der Waals surface area (Å²) in [6.45, 7) is 0.00842. The molecule has 1 aliphatic rings. The van der Waals surface area contributed by atoms with Crippen LogP contribution in [0.2, 0.25) is 0 Å². The van der Waals surface area contributed by atoms with Crippen molar-refractivity contribution in [1.82, 2.24) is 5.32 Å². The third kappa shape index (κ3) is 2.93. The Hall–Kier alpha value is -1.63. The van der Waals surface area contributed by atoms with E-state index in [0.717, 1.165) is 0 Å². The van der Waals surface area contributed by atoms with E-state index in [-0.39, 0.29) is 6.54 Å². The lowest BCUT2D eigenvalue weighted by molar-refractivity contribution is -0.144. The van der Waals surface area contributed by atoms with Gasteiger partial charge >= 0.3 is 11.9 Å². The normalized spacial score (nSPS) is 18.6. The van der Waals surface area contributed by atoms with E-state index in [2.05, 4.69) is 5.32 Å². The third-order valence-electron chi connectivity index (χ3n) is 2.64. The molecule has 1 saturated carbocycles. The van der Waals surface area contributed by atoms with E-state index in [1.807, 2.05) is 0 Å². The summed E-state index contributed by atoms with van der Waals surface area (Å²) in [5.41, 5.74) is 4.44. The third-order valence-corrected chi connectivity index (χ3v) is 2.64. The van der Waals surface area contributed by atoms with Crippen LogP contribution in [-0.2, 0) is 14.4 Å². The summed E-state index contributed by atoms with van der Waals surface area (Å²) in [5, 5.41) is 19.6. The molecule has 0 aliphatic heterocycles. The number of carbonyl (C=O) groups is 3. The quantitative estimate of drug-likeness (QED) is 0.452. The molecule has 90 valence electrons. The van der Waals surface area contributed by atoms with E-state index >= 15 is 0 Å². The van der Waals surface area contributed by atoms with Crippen LogP contribution in [0.3, 0.4) is 0 Å². The first-order chi connectivity index (χ1) is 7.37. The van der Waals surface area contributed by atoms with Crippen LogP contribution in [-0.4, -0.2) is 40.6 Å². The van der Waals surface area contributed by atoms with Gasteiger partial charge in [-0.25, -0.2) is 0 Å². The van der Waals surface area contributed by atoms with E-state index in [1.165, 1.54) is 0 Å². The van der Waals surface area contributed by atoms with Crippen LogP contribution in [0, 0.1) is 5.41 Å². The summed E-state index contributed by atoms with van der Waals surface area (Å²) >= 11 is 0. The molecule has 1 unspecified atom stereocenters. The van der Waals surface area contributed by atoms with E-state index in [4.69, 9.17) is 15.9 Å². The number of rotatable bonds is 6. The molecule has 7 nitrogen and oxygen atoms in total. The maximum Gasteiger partial charge on any atom is 0.311 e. The Morgan fingerprint density at radius 3 is 2.25 bits per heavy atom. The minimum atomic E-state index is -1.16. The summed E-state index contributed by atoms with van der Waals surface area (Å²) in [6, 6.07) is -1.14. The molecule has 1 aliphatic carbocycles. The Bertz CT molecular complexity index is 324. The van der Waals surface area contributed by atoms with Gasteiger partial charge < -0.3 is 21.3 Å². The number of carboxylic acids is 2. The lowest BCUT2D eigenvalue weighted by atomic mass is 10.1. The van der Waals surface area contributed by atoms with Crippen molar-refractivity contribution in [2.45, 2.75) is 25.3 Å². The van der Waals surface area contributed by atoms with Crippen molar-refractivity contribution in [2.75, 3.05) is 6.54 Å². The molecule has 1 amide bonds. The highest BCUT2D eigenvalue weighted by Gasteiger charge is 2.50. The average molecular weight is 230 g/mol. The van der Waals surface area contributed by atoms with Crippen molar-refractivity contribution in [3.8, 4) is 0 Å². The topological polar surface area (TPSA) is 130 Å². The van der Waals surface area contributed by atoms with Crippen molar-refractivity contribution < 1.29 is 24.6 Å². The molecule has 16 heavy (non-hydrogen) atoms. The zero-order valence-electron chi connectivity index (χ0n) is 8.60. The molecular weight excluding hydrogens is 216 g/mol.